The molecule has 0 aliphatic carbocycles. The first-order chi connectivity index (χ1) is 12.0. The first-order valence-electron chi connectivity index (χ1n) is 7.80. The molecule has 3 rings (SSSR count). The van der Waals surface area contributed by atoms with E-state index in [0.29, 0.717) is 5.01 Å². The zero-order chi connectivity index (χ0) is 17.9. The zero-order valence-electron chi connectivity index (χ0n) is 13.6. The van der Waals surface area contributed by atoms with Crippen LogP contribution in [0.4, 0.5) is 0 Å². The molecule has 3 aromatic rings. The highest BCUT2D eigenvalue weighted by molar-refractivity contribution is 7.89. The normalized spacial score (nSPS) is 11.6. The molecule has 25 heavy (non-hydrogen) atoms. The van der Waals surface area contributed by atoms with Gasteiger partial charge in [0, 0.05) is 10.9 Å². The average Bonchev–Trinajstić information content (AvgIpc) is 3.10. The minimum Gasteiger partial charge on any atom is -0.508 e. The van der Waals surface area contributed by atoms with E-state index < -0.39 is 10.0 Å². The summed E-state index contributed by atoms with van der Waals surface area (Å²) in [7, 11) is -3.56. The van der Waals surface area contributed by atoms with E-state index >= 15 is 0 Å². The second-order valence-corrected chi connectivity index (χ2v) is 8.21. The van der Waals surface area contributed by atoms with Gasteiger partial charge < -0.3 is 5.11 Å². The van der Waals surface area contributed by atoms with E-state index in [1.165, 1.54) is 11.3 Å². The molecule has 1 heterocycles. The van der Waals surface area contributed by atoms with Crippen LogP contribution in [0.15, 0.2) is 58.8 Å². The molecule has 130 valence electrons. The molecule has 1 aromatic heterocycles. The van der Waals surface area contributed by atoms with Crippen molar-refractivity contribution in [3.63, 3.8) is 0 Å². The fraction of sp³-hybridized carbons (Fsp3) is 0.167. The van der Waals surface area contributed by atoms with Gasteiger partial charge in [-0.15, -0.1) is 11.3 Å². The molecule has 0 saturated carbocycles. The van der Waals surface area contributed by atoms with Gasteiger partial charge in [-0.1, -0.05) is 19.1 Å². The molecule has 0 saturated heterocycles. The lowest BCUT2D eigenvalue weighted by Gasteiger charge is -2.06. The number of rotatable bonds is 6. The summed E-state index contributed by atoms with van der Waals surface area (Å²) in [6.07, 6.45) is 0.868. The maximum absolute atomic E-state index is 12.4. The van der Waals surface area contributed by atoms with Crippen LogP contribution in [0.5, 0.6) is 5.75 Å². The molecule has 7 heteroatoms. The van der Waals surface area contributed by atoms with E-state index in [1.54, 1.807) is 36.4 Å². The van der Waals surface area contributed by atoms with Gasteiger partial charge in [-0.3, -0.25) is 0 Å². The van der Waals surface area contributed by atoms with Crippen molar-refractivity contribution >= 4 is 21.4 Å². The number of benzene rings is 2. The van der Waals surface area contributed by atoms with E-state index in [-0.39, 0.29) is 17.2 Å². The summed E-state index contributed by atoms with van der Waals surface area (Å²) >= 11 is 1.39. The Morgan fingerprint density at radius 1 is 1.08 bits per heavy atom. The van der Waals surface area contributed by atoms with E-state index in [1.807, 2.05) is 24.4 Å². The fourth-order valence-corrected chi connectivity index (χ4v) is 4.12. The Balaban J connectivity index is 1.69. The van der Waals surface area contributed by atoms with Crippen molar-refractivity contribution in [1.29, 1.82) is 0 Å². The van der Waals surface area contributed by atoms with Gasteiger partial charge in [-0.25, -0.2) is 18.1 Å². The SMILES string of the molecule is CCc1ccc(S(=O)(=O)NCc2nc(-c3ccc(O)cc3)cs2)cc1. The van der Waals surface area contributed by atoms with Gasteiger partial charge in [0.15, 0.2) is 0 Å². The molecule has 0 atom stereocenters. The number of sulfonamides is 1. The molecule has 0 aliphatic rings. The number of hydrogen-bond acceptors (Lipinski definition) is 5. The lowest BCUT2D eigenvalue weighted by atomic mass is 10.2. The van der Waals surface area contributed by atoms with Gasteiger partial charge in [-0.05, 0) is 48.4 Å². The molecular formula is C18H18N2O3S2. The van der Waals surface area contributed by atoms with E-state index in [2.05, 4.69) is 9.71 Å². The quantitative estimate of drug-likeness (QED) is 0.691. The van der Waals surface area contributed by atoms with Crippen LogP contribution < -0.4 is 4.72 Å². The predicted octanol–water partition coefficient (Wildman–Crippen LogP) is 3.56. The summed E-state index contributed by atoms with van der Waals surface area (Å²) in [5, 5.41) is 11.9. The summed E-state index contributed by atoms with van der Waals surface area (Å²) in [5.74, 6) is 0.195. The van der Waals surface area contributed by atoms with Crippen LogP contribution >= 0.6 is 11.3 Å². The fourth-order valence-electron chi connectivity index (χ4n) is 2.30. The summed E-state index contributed by atoms with van der Waals surface area (Å²) in [6.45, 7) is 2.16. The Labute approximate surface area is 151 Å². The summed E-state index contributed by atoms with van der Waals surface area (Å²) in [5.41, 5.74) is 2.72. The first kappa shape index (κ1) is 17.6. The highest BCUT2D eigenvalue weighted by Gasteiger charge is 2.14. The smallest absolute Gasteiger partial charge is 0.240 e. The predicted molar refractivity (Wildman–Crippen MR) is 99.1 cm³/mol. The maximum atomic E-state index is 12.4. The number of hydrogen-bond donors (Lipinski definition) is 2. The van der Waals surface area contributed by atoms with Gasteiger partial charge in [-0.2, -0.15) is 0 Å². The van der Waals surface area contributed by atoms with Crippen LogP contribution in [0.2, 0.25) is 0 Å². The number of phenols is 1. The molecule has 0 unspecified atom stereocenters. The summed E-state index contributed by atoms with van der Waals surface area (Å²) in [6, 6.07) is 13.6. The molecule has 0 radical (unpaired) electrons. The number of nitrogens with one attached hydrogen (secondary N) is 1. The Morgan fingerprint density at radius 3 is 2.40 bits per heavy atom. The Bertz CT molecular complexity index is 947. The maximum Gasteiger partial charge on any atom is 0.240 e. The summed E-state index contributed by atoms with van der Waals surface area (Å²) < 4.78 is 27.3. The molecule has 5 nitrogen and oxygen atoms in total. The second-order valence-electron chi connectivity index (χ2n) is 5.50. The standard InChI is InChI=1S/C18H18N2O3S2/c1-2-13-3-9-16(10-4-13)25(22,23)19-11-18-20-17(12-24-18)14-5-7-15(21)8-6-14/h3-10,12,19,21H,2,11H2,1H3. The third-order valence-corrected chi connectivity index (χ3v) is 6.04. The number of phenolic OH excluding ortho intramolecular Hbond substituents is 1. The molecule has 2 aromatic carbocycles. The minimum absolute atomic E-state index is 0.139. The van der Waals surface area contributed by atoms with E-state index in [9.17, 15) is 13.5 Å². The van der Waals surface area contributed by atoms with Crippen molar-refractivity contribution in [2.24, 2.45) is 0 Å². The van der Waals surface area contributed by atoms with Crippen LogP contribution in [0.3, 0.4) is 0 Å². The lowest BCUT2D eigenvalue weighted by molar-refractivity contribution is 0.475. The van der Waals surface area contributed by atoms with Crippen LogP contribution in [-0.4, -0.2) is 18.5 Å². The molecule has 0 aliphatic heterocycles. The molecule has 0 amide bonds. The van der Waals surface area contributed by atoms with Crippen molar-refractivity contribution in [1.82, 2.24) is 9.71 Å². The number of aromatic nitrogens is 1. The van der Waals surface area contributed by atoms with Crippen molar-refractivity contribution in [2.75, 3.05) is 0 Å². The molecule has 0 spiro atoms. The second kappa shape index (κ2) is 7.35. The number of nitrogens with zero attached hydrogens (tertiary/aromatic N) is 1. The number of aromatic hydroxyl groups is 1. The third-order valence-electron chi connectivity index (χ3n) is 3.77. The molecule has 2 N–H and O–H groups in total. The van der Waals surface area contributed by atoms with Crippen LogP contribution in [0.1, 0.15) is 17.5 Å². The first-order valence-corrected chi connectivity index (χ1v) is 10.2. The van der Waals surface area contributed by atoms with Crippen LogP contribution in [0, 0.1) is 0 Å². The van der Waals surface area contributed by atoms with Gasteiger partial charge >= 0.3 is 0 Å². The molecular weight excluding hydrogens is 356 g/mol. The monoisotopic (exact) mass is 374 g/mol. The molecule has 0 fully saturated rings. The van der Waals surface area contributed by atoms with Crippen molar-refractivity contribution < 1.29 is 13.5 Å². The lowest BCUT2D eigenvalue weighted by Crippen LogP contribution is -2.23. The highest BCUT2D eigenvalue weighted by Crippen LogP contribution is 2.24. The van der Waals surface area contributed by atoms with Gasteiger partial charge in [0.25, 0.3) is 0 Å². The van der Waals surface area contributed by atoms with E-state index in [4.69, 9.17) is 0 Å². The Morgan fingerprint density at radius 2 is 1.76 bits per heavy atom. The number of thiazole rings is 1. The van der Waals surface area contributed by atoms with Crippen LogP contribution in [-0.2, 0) is 23.0 Å². The Kier molecular flexibility index (Phi) is 5.17. The highest BCUT2D eigenvalue weighted by atomic mass is 32.2. The van der Waals surface area contributed by atoms with Crippen molar-refractivity contribution in [2.45, 2.75) is 24.8 Å². The zero-order valence-corrected chi connectivity index (χ0v) is 15.3. The van der Waals surface area contributed by atoms with Gasteiger partial charge in [0.1, 0.15) is 10.8 Å². The topological polar surface area (TPSA) is 79.3 Å². The largest absolute Gasteiger partial charge is 0.508 e. The minimum atomic E-state index is -3.56. The molecule has 0 bridgehead atoms. The average molecular weight is 374 g/mol. The van der Waals surface area contributed by atoms with Crippen molar-refractivity contribution in [3.05, 3.63) is 64.5 Å². The van der Waals surface area contributed by atoms with Gasteiger partial charge in [0.2, 0.25) is 10.0 Å². The Hall–Kier alpha value is -2.22. The van der Waals surface area contributed by atoms with Crippen molar-refractivity contribution in [3.8, 4) is 17.0 Å². The summed E-state index contributed by atoms with van der Waals surface area (Å²) in [4.78, 5) is 4.69. The van der Waals surface area contributed by atoms with Crippen LogP contribution in [0.25, 0.3) is 11.3 Å². The van der Waals surface area contributed by atoms with Gasteiger partial charge in [0.05, 0.1) is 17.1 Å². The third kappa shape index (κ3) is 4.25. The number of aryl methyl sites for hydroxylation is 1. The van der Waals surface area contributed by atoms with E-state index in [0.717, 1.165) is 23.2 Å².